The van der Waals surface area contributed by atoms with Crippen LogP contribution in [0, 0.1) is 0 Å². The number of ether oxygens (including phenoxy) is 1. The minimum atomic E-state index is -2.54. The SMILES string of the molecule is COc1cc(N2CCC(N3CCN(CCCc4cccc(C(=O)NC5CCC(=O)NC5=O)c4)CC3)CC2)ccc1Nc1ncc(Cl)c(Nc2ccccc2P(C)(C)=O)n1. The fourth-order valence-electron chi connectivity index (χ4n) is 8.08. The highest BCUT2D eigenvalue weighted by molar-refractivity contribution is 7.70. The van der Waals surface area contributed by atoms with Gasteiger partial charge >= 0.3 is 0 Å². The van der Waals surface area contributed by atoms with Crippen molar-refractivity contribution in [3.8, 4) is 5.75 Å². The molecule has 3 saturated heterocycles. The first-order valence-electron chi connectivity index (χ1n) is 20.3. The number of nitrogens with zero attached hydrogens (tertiary/aromatic N) is 5. The van der Waals surface area contributed by atoms with E-state index in [1.807, 2.05) is 48.5 Å². The van der Waals surface area contributed by atoms with Crippen LogP contribution in [-0.4, -0.2) is 116 Å². The summed E-state index contributed by atoms with van der Waals surface area (Å²) in [6.07, 6.45) is 6.13. The van der Waals surface area contributed by atoms with Gasteiger partial charge in [0.25, 0.3) is 5.91 Å². The van der Waals surface area contributed by atoms with Crippen LogP contribution in [-0.2, 0) is 20.6 Å². The van der Waals surface area contributed by atoms with E-state index in [2.05, 4.69) is 58.1 Å². The van der Waals surface area contributed by atoms with Crippen LogP contribution in [0.1, 0.15) is 48.0 Å². The third-order valence-electron chi connectivity index (χ3n) is 11.3. The topological polar surface area (TPSA) is 161 Å². The van der Waals surface area contributed by atoms with Gasteiger partial charge in [0.1, 0.15) is 24.0 Å². The Morgan fingerprint density at radius 2 is 1.71 bits per heavy atom. The summed E-state index contributed by atoms with van der Waals surface area (Å²) in [5.74, 6) is 0.385. The second-order valence-electron chi connectivity index (χ2n) is 15.8. The Kier molecular flexibility index (Phi) is 13.5. The number of hydrogen-bond donors (Lipinski definition) is 4. The number of methoxy groups -OCH3 is 1. The molecular weight excluding hydrogens is 789 g/mol. The van der Waals surface area contributed by atoms with E-state index < -0.39 is 19.1 Å². The zero-order valence-corrected chi connectivity index (χ0v) is 35.5. The summed E-state index contributed by atoms with van der Waals surface area (Å²) in [5, 5.41) is 12.6. The molecule has 4 N–H and O–H groups in total. The maximum Gasteiger partial charge on any atom is 0.251 e. The minimum absolute atomic E-state index is 0.225. The van der Waals surface area contributed by atoms with Gasteiger partial charge in [-0.05, 0) is 93.9 Å². The molecule has 1 atom stereocenters. The largest absolute Gasteiger partial charge is 0.494 e. The van der Waals surface area contributed by atoms with Gasteiger partial charge in [0.05, 0.1) is 24.7 Å². The summed E-state index contributed by atoms with van der Waals surface area (Å²) >= 11 is 6.48. The summed E-state index contributed by atoms with van der Waals surface area (Å²) in [5.41, 5.74) is 4.15. The van der Waals surface area contributed by atoms with Crippen molar-refractivity contribution < 1.29 is 23.7 Å². The number of rotatable bonds is 14. The Hall–Kier alpha value is -5.01. The number of aromatic nitrogens is 2. The molecular formula is C43H53ClN9O5P. The molecule has 3 aliphatic heterocycles. The van der Waals surface area contributed by atoms with Gasteiger partial charge < -0.3 is 35.1 Å². The van der Waals surface area contributed by atoms with E-state index in [1.165, 1.54) is 6.20 Å². The lowest BCUT2D eigenvalue weighted by Crippen LogP contribution is -2.53. The van der Waals surface area contributed by atoms with E-state index in [9.17, 15) is 18.9 Å². The highest BCUT2D eigenvalue weighted by atomic mass is 35.5. The molecule has 3 aromatic carbocycles. The van der Waals surface area contributed by atoms with E-state index in [0.29, 0.717) is 46.3 Å². The number of halogens is 1. The number of imide groups is 1. The van der Waals surface area contributed by atoms with Crippen LogP contribution in [0.25, 0.3) is 0 Å². The Labute approximate surface area is 350 Å². The summed E-state index contributed by atoms with van der Waals surface area (Å²) in [6, 6.07) is 21.1. The quantitative estimate of drug-likeness (QED) is 0.0918. The van der Waals surface area contributed by atoms with Crippen LogP contribution >= 0.6 is 18.7 Å². The normalized spacial score (nSPS) is 18.3. The molecule has 3 aliphatic rings. The molecule has 0 radical (unpaired) electrons. The van der Waals surface area contributed by atoms with Crippen LogP contribution < -0.4 is 36.2 Å². The Balaban J connectivity index is 0.854. The lowest BCUT2D eigenvalue weighted by molar-refractivity contribution is -0.134. The number of carbonyl (C=O) groups is 3. The molecule has 0 aliphatic carbocycles. The van der Waals surface area contributed by atoms with Crippen molar-refractivity contribution in [1.82, 2.24) is 30.4 Å². The van der Waals surface area contributed by atoms with Crippen molar-refractivity contribution in [3.63, 3.8) is 0 Å². The Morgan fingerprint density at radius 3 is 2.46 bits per heavy atom. The van der Waals surface area contributed by atoms with E-state index in [0.717, 1.165) is 93.7 Å². The van der Waals surface area contributed by atoms with Gasteiger partial charge in [0.2, 0.25) is 17.8 Å². The minimum Gasteiger partial charge on any atom is -0.494 e. The van der Waals surface area contributed by atoms with E-state index in [1.54, 1.807) is 26.5 Å². The zero-order chi connectivity index (χ0) is 41.5. The molecule has 1 aromatic heterocycles. The van der Waals surface area contributed by atoms with E-state index >= 15 is 0 Å². The maximum absolute atomic E-state index is 12.9. The number of carbonyl (C=O) groups excluding carboxylic acids is 3. The van der Waals surface area contributed by atoms with Gasteiger partial charge in [-0.15, -0.1) is 0 Å². The molecule has 16 heteroatoms. The molecule has 312 valence electrons. The first kappa shape index (κ1) is 42.1. The molecule has 1 unspecified atom stereocenters. The summed E-state index contributed by atoms with van der Waals surface area (Å²) in [6.45, 7) is 10.6. The van der Waals surface area contributed by atoms with Gasteiger partial charge in [-0.1, -0.05) is 35.9 Å². The lowest BCUT2D eigenvalue weighted by atomic mass is 10.0. The number of piperazine rings is 1. The smallest absolute Gasteiger partial charge is 0.251 e. The molecule has 3 fully saturated rings. The number of nitrogens with one attached hydrogen (secondary N) is 4. The Bertz CT molecular complexity index is 2200. The Morgan fingerprint density at radius 1 is 0.932 bits per heavy atom. The number of hydrogen-bond acceptors (Lipinski definition) is 12. The number of para-hydroxylation sites is 1. The predicted octanol–water partition coefficient (Wildman–Crippen LogP) is 5.63. The van der Waals surface area contributed by atoms with Crippen molar-refractivity contribution in [2.45, 2.75) is 50.6 Å². The molecule has 4 heterocycles. The maximum atomic E-state index is 12.9. The predicted molar refractivity (Wildman–Crippen MR) is 234 cm³/mol. The molecule has 14 nitrogen and oxygen atoms in total. The average Bonchev–Trinajstić information content (AvgIpc) is 3.23. The van der Waals surface area contributed by atoms with Crippen LogP contribution in [0.3, 0.4) is 0 Å². The summed E-state index contributed by atoms with van der Waals surface area (Å²) < 4.78 is 18.7. The van der Waals surface area contributed by atoms with Gasteiger partial charge in [0.15, 0.2) is 5.82 Å². The first-order valence-corrected chi connectivity index (χ1v) is 23.3. The van der Waals surface area contributed by atoms with Gasteiger partial charge in [-0.3, -0.25) is 24.6 Å². The van der Waals surface area contributed by atoms with Crippen molar-refractivity contribution in [3.05, 3.63) is 89.1 Å². The number of benzene rings is 3. The van der Waals surface area contributed by atoms with E-state index in [-0.39, 0.29) is 18.2 Å². The van der Waals surface area contributed by atoms with Crippen molar-refractivity contribution in [2.75, 3.05) is 81.8 Å². The lowest BCUT2D eigenvalue weighted by Gasteiger charge is -2.43. The van der Waals surface area contributed by atoms with E-state index in [4.69, 9.17) is 16.3 Å². The zero-order valence-electron chi connectivity index (χ0n) is 33.9. The molecule has 4 aromatic rings. The van der Waals surface area contributed by atoms with Crippen molar-refractivity contribution in [1.29, 1.82) is 0 Å². The standard InChI is InChI=1S/C43H53ClN9O5P/c1-58-37-27-32(13-14-34(37)48-43-45-28-33(44)40(50-43)46-35-11-4-5-12-38(35)59(2,3)57)52-20-17-31(18-21-52)53-24-22-51(23-25-53)19-7-9-29-8-6-10-30(26-29)41(55)47-36-15-16-39(54)49-42(36)56/h4-6,8,10-14,26-28,31,36H,7,9,15-25H2,1-3H3,(H,47,55)(H,49,54,56)(H2,45,46,48,50). The van der Waals surface area contributed by atoms with Gasteiger partial charge in [-0.25, -0.2) is 4.98 Å². The second kappa shape index (κ2) is 18.9. The third kappa shape index (κ3) is 10.8. The molecule has 0 saturated carbocycles. The fraction of sp³-hybridized carbons (Fsp3) is 0.419. The molecule has 3 amide bonds. The highest BCUT2D eigenvalue weighted by Gasteiger charge is 2.29. The second-order valence-corrected chi connectivity index (χ2v) is 19.4. The van der Waals surface area contributed by atoms with Crippen molar-refractivity contribution in [2.24, 2.45) is 0 Å². The monoisotopic (exact) mass is 841 g/mol. The number of piperidine rings is 2. The third-order valence-corrected chi connectivity index (χ3v) is 13.2. The first-order chi connectivity index (χ1) is 28.4. The molecule has 7 rings (SSSR count). The fourth-order valence-corrected chi connectivity index (χ4v) is 9.37. The van der Waals surface area contributed by atoms with Crippen molar-refractivity contribution >= 4 is 70.6 Å². The van der Waals surface area contributed by atoms with Gasteiger partial charge in [0, 0.05) is 74.4 Å². The molecule has 0 bridgehead atoms. The summed E-state index contributed by atoms with van der Waals surface area (Å²) in [7, 11) is -0.889. The van der Waals surface area contributed by atoms with Crippen LogP contribution in [0.15, 0.2) is 72.9 Å². The number of anilines is 5. The molecule has 59 heavy (non-hydrogen) atoms. The highest BCUT2D eigenvalue weighted by Crippen LogP contribution is 2.39. The molecule has 0 spiro atoms. The van der Waals surface area contributed by atoms with Crippen LogP contribution in [0.4, 0.5) is 28.8 Å². The van der Waals surface area contributed by atoms with Gasteiger partial charge in [-0.2, -0.15) is 4.98 Å². The van der Waals surface area contributed by atoms with Crippen LogP contribution in [0.2, 0.25) is 5.02 Å². The summed E-state index contributed by atoms with van der Waals surface area (Å²) in [4.78, 5) is 53.0. The van der Waals surface area contributed by atoms with Crippen LogP contribution in [0.5, 0.6) is 5.75 Å². The number of amides is 3. The average molecular weight is 842 g/mol. The number of aryl methyl sites for hydroxylation is 1.